The van der Waals surface area contributed by atoms with Crippen LogP contribution in [0.1, 0.15) is 31.9 Å². The van der Waals surface area contributed by atoms with Gasteiger partial charge in [-0.15, -0.1) is 0 Å². The smallest absolute Gasteiger partial charge is 0.242 e. The number of benzene rings is 1. The van der Waals surface area contributed by atoms with Crippen LogP contribution in [0.2, 0.25) is 0 Å². The molecule has 0 aliphatic carbocycles. The van der Waals surface area contributed by atoms with Gasteiger partial charge in [0.1, 0.15) is 5.75 Å². The Bertz CT molecular complexity index is 586. The molecule has 0 radical (unpaired) electrons. The number of para-hydroxylation sites is 1. The number of rotatable bonds is 2. The van der Waals surface area contributed by atoms with E-state index >= 15 is 0 Å². The molecule has 3 nitrogen and oxygen atoms in total. The van der Waals surface area contributed by atoms with E-state index in [-0.39, 0.29) is 5.41 Å². The van der Waals surface area contributed by atoms with Gasteiger partial charge in [-0.25, -0.2) is 4.98 Å². The predicted molar refractivity (Wildman–Crippen MR) is 78.6 cm³/mol. The fraction of sp³-hybridized carbons (Fsp3) is 0.312. The van der Waals surface area contributed by atoms with E-state index in [1.807, 2.05) is 31.2 Å². The van der Waals surface area contributed by atoms with Crippen LogP contribution < -0.4 is 10.5 Å². The Morgan fingerprint density at radius 2 is 1.84 bits per heavy atom. The summed E-state index contributed by atoms with van der Waals surface area (Å²) in [7, 11) is 0. The van der Waals surface area contributed by atoms with Crippen molar-refractivity contribution in [1.82, 2.24) is 4.98 Å². The number of aryl methyl sites for hydroxylation is 1. The van der Waals surface area contributed by atoms with E-state index in [1.54, 1.807) is 6.20 Å². The van der Waals surface area contributed by atoms with Crippen molar-refractivity contribution in [2.45, 2.75) is 33.1 Å². The van der Waals surface area contributed by atoms with E-state index in [1.165, 1.54) is 0 Å². The van der Waals surface area contributed by atoms with Crippen LogP contribution in [0.3, 0.4) is 0 Å². The second-order valence-electron chi connectivity index (χ2n) is 5.76. The standard InChI is InChI=1S/C16H20N2O/c1-11-9-13(17)15(18-10-11)19-14-8-6-5-7-12(14)16(2,3)4/h5-10H,17H2,1-4H3. The van der Waals surface area contributed by atoms with Crippen LogP contribution >= 0.6 is 0 Å². The number of ether oxygens (including phenoxy) is 1. The van der Waals surface area contributed by atoms with E-state index in [0.717, 1.165) is 16.9 Å². The third-order valence-electron chi connectivity index (χ3n) is 2.92. The van der Waals surface area contributed by atoms with Crippen molar-refractivity contribution in [3.05, 3.63) is 47.7 Å². The molecule has 0 amide bonds. The lowest BCUT2D eigenvalue weighted by molar-refractivity contribution is 0.442. The molecule has 0 aliphatic rings. The van der Waals surface area contributed by atoms with Crippen LogP contribution in [0.4, 0.5) is 5.69 Å². The van der Waals surface area contributed by atoms with E-state index in [9.17, 15) is 0 Å². The van der Waals surface area contributed by atoms with Crippen LogP contribution in [-0.4, -0.2) is 4.98 Å². The van der Waals surface area contributed by atoms with E-state index in [4.69, 9.17) is 10.5 Å². The number of hydrogen-bond donors (Lipinski definition) is 1. The molecule has 2 rings (SSSR count). The molecule has 1 heterocycles. The summed E-state index contributed by atoms with van der Waals surface area (Å²) in [6.07, 6.45) is 1.76. The number of nitrogens with zero attached hydrogens (tertiary/aromatic N) is 1. The first kappa shape index (κ1) is 13.4. The summed E-state index contributed by atoms with van der Waals surface area (Å²) >= 11 is 0. The van der Waals surface area contributed by atoms with E-state index in [0.29, 0.717) is 11.6 Å². The second kappa shape index (κ2) is 4.92. The molecule has 1 aromatic heterocycles. The minimum Gasteiger partial charge on any atom is -0.437 e. The SMILES string of the molecule is Cc1cnc(Oc2ccccc2C(C)(C)C)c(N)c1. The van der Waals surface area contributed by atoms with Gasteiger partial charge in [-0.2, -0.15) is 0 Å². The van der Waals surface area contributed by atoms with Crippen LogP contribution in [0.25, 0.3) is 0 Å². The third kappa shape index (κ3) is 3.05. The van der Waals surface area contributed by atoms with Gasteiger partial charge in [-0.05, 0) is 30.0 Å². The normalized spacial score (nSPS) is 11.4. The minimum absolute atomic E-state index is 0.00997. The molecule has 1 aromatic carbocycles. The van der Waals surface area contributed by atoms with Crippen molar-refractivity contribution >= 4 is 5.69 Å². The van der Waals surface area contributed by atoms with Crippen molar-refractivity contribution in [3.8, 4) is 11.6 Å². The van der Waals surface area contributed by atoms with Crippen molar-refractivity contribution in [1.29, 1.82) is 0 Å². The van der Waals surface area contributed by atoms with Gasteiger partial charge in [0, 0.05) is 11.8 Å². The maximum absolute atomic E-state index is 5.94. The lowest BCUT2D eigenvalue weighted by Gasteiger charge is -2.22. The topological polar surface area (TPSA) is 48.1 Å². The summed E-state index contributed by atoms with van der Waals surface area (Å²) in [4.78, 5) is 4.25. The molecule has 0 fully saturated rings. The molecular formula is C16H20N2O. The largest absolute Gasteiger partial charge is 0.437 e. The highest BCUT2D eigenvalue weighted by molar-refractivity contribution is 5.52. The fourth-order valence-electron chi connectivity index (χ4n) is 1.94. The molecule has 0 saturated carbocycles. The van der Waals surface area contributed by atoms with Gasteiger partial charge >= 0.3 is 0 Å². The molecule has 0 saturated heterocycles. The highest BCUT2D eigenvalue weighted by Gasteiger charge is 2.19. The van der Waals surface area contributed by atoms with Gasteiger partial charge in [-0.3, -0.25) is 0 Å². The summed E-state index contributed by atoms with van der Waals surface area (Å²) in [6.45, 7) is 8.42. The van der Waals surface area contributed by atoms with Crippen LogP contribution in [0, 0.1) is 6.92 Å². The second-order valence-corrected chi connectivity index (χ2v) is 5.76. The Kier molecular flexibility index (Phi) is 3.47. The van der Waals surface area contributed by atoms with E-state index in [2.05, 4.69) is 31.8 Å². The number of hydrogen-bond acceptors (Lipinski definition) is 3. The predicted octanol–water partition coefficient (Wildman–Crippen LogP) is 4.06. The number of anilines is 1. The van der Waals surface area contributed by atoms with Gasteiger partial charge in [0.05, 0.1) is 5.69 Å². The number of pyridine rings is 1. The Balaban J connectivity index is 2.39. The van der Waals surface area contributed by atoms with Crippen LogP contribution in [-0.2, 0) is 5.41 Å². The summed E-state index contributed by atoms with van der Waals surface area (Å²) in [5, 5.41) is 0. The Labute approximate surface area is 114 Å². The number of nitrogen functional groups attached to an aromatic ring is 1. The van der Waals surface area contributed by atoms with E-state index < -0.39 is 0 Å². The lowest BCUT2D eigenvalue weighted by atomic mass is 9.86. The lowest BCUT2D eigenvalue weighted by Crippen LogP contribution is -2.12. The molecule has 0 bridgehead atoms. The van der Waals surface area contributed by atoms with Gasteiger partial charge < -0.3 is 10.5 Å². The number of nitrogens with two attached hydrogens (primary N) is 1. The first-order valence-corrected chi connectivity index (χ1v) is 6.37. The number of aromatic nitrogens is 1. The summed E-state index contributed by atoms with van der Waals surface area (Å²) in [6, 6.07) is 9.84. The maximum atomic E-state index is 5.94. The Morgan fingerprint density at radius 1 is 1.16 bits per heavy atom. The van der Waals surface area contributed by atoms with Gasteiger partial charge in [0.15, 0.2) is 0 Å². The van der Waals surface area contributed by atoms with Crippen LogP contribution in [0.5, 0.6) is 11.6 Å². The van der Waals surface area contributed by atoms with Gasteiger partial charge in [-0.1, -0.05) is 39.0 Å². The molecule has 19 heavy (non-hydrogen) atoms. The van der Waals surface area contributed by atoms with Crippen LogP contribution in [0.15, 0.2) is 36.5 Å². The maximum Gasteiger partial charge on any atom is 0.242 e. The molecule has 2 aromatic rings. The average Bonchev–Trinajstić information content (AvgIpc) is 2.32. The van der Waals surface area contributed by atoms with Crippen molar-refractivity contribution in [2.24, 2.45) is 0 Å². The summed E-state index contributed by atoms with van der Waals surface area (Å²) < 4.78 is 5.89. The highest BCUT2D eigenvalue weighted by atomic mass is 16.5. The molecular weight excluding hydrogens is 236 g/mol. The van der Waals surface area contributed by atoms with Crippen molar-refractivity contribution in [2.75, 3.05) is 5.73 Å². The molecule has 0 atom stereocenters. The Morgan fingerprint density at radius 3 is 2.47 bits per heavy atom. The summed E-state index contributed by atoms with van der Waals surface area (Å²) in [5.41, 5.74) is 8.67. The zero-order valence-electron chi connectivity index (χ0n) is 11.9. The summed E-state index contributed by atoms with van der Waals surface area (Å²) in [5.74, 6) is 1.26. The quantitative estimate of drug-likeness (QED) is 0.881. The molecule has 100 valence electrons. The van der Waals surface area contributed by atoms with Gasteiger partial charge in [0.2, 0.25) is 5.88 Å². The van der Waals surface area contributed by atoms with Crippen molar-refractivity contribution in [3.63, 3.8) is 0 Å². The molecule has 0 aliphatic heterocycles. The van der Waals surface area contributed by atoms with Crippen molar-refractivity contribution < 1.29 is 4.74 Å². The molecule has 0 spiro atoms. The average molecular weight is 256 g/mol. The molecule has 3 heteroatoms. The first-order valence-electron chi connectivity index (χ1n) is 6.37. The van der Waals surface area contributed by atoms with Gasteiger partial charge in [0.25, 0.3) is 0 Å². The third-order valence-corrected chi connectivity index (χ3v) is 2.92. The zero-order valence-corrected chi connectivity index (χ0v) is 11.9. The zero-order chi connectivity index (χ0) is 14.0. The first-order chi connectivity index (χ1) is 8.88. The Hall–Kier alpha value is -2.03. The minimum atomic E-state index is 0.00997. The molecule has 0 unspecified atom stereocenters. The molecule has 2 N–H and O–H groups in total. The fourth-order valence-corrected chi connectivity index (χ4v) is 1.94. The monoisotopic (exact) mass is 256 g/mol. The highest BCUT2D eigenvalue weighted by Crippen LogP contribution is 2.34.